The molecule has 0 atom stereocenters. The molecule has 0 radical (unpaired) electrons. The zero-order valence-electron chi connectivity index (χ0n) is 10.8. The number of hydrogen-bond acceptors (Lipinski definition) is 1. The zero-order valence-corrected chi connectivity index (χ0v) is 10.8. The minimum Gasteiger partial charge on any atom is -0.464 e. The summed E-state index contributed by atoms with van der Waals surface area (Å²) in [7, 11) is 0. The molecule has 1 aromatic rings. The first-order valence-electron chi connectivity index (χ1n) is 5.68. The third-order valence-electron chi connectivity index (χ3n) is 2.58. The van der Waals surface area contributed by atoms with Gasteiger partial charge in [0, 0.05) is 11.8 Å². The van der Waals surface area contributed by atoms with Gasteiger partial charge in [-0.15, -0.1) is 0 Å². The third kappa shape index (κ3) is 3.06. The van der Waals surface area contributed by atoms with Gasteiger partial charge in [-0.3, -0.25) is 0 Å². The first kappa shape index (κ1) is 15.9. The van der Waals surface area contributed by atoms with Crippen LogP contribution in [0, 0.1) is 0 Å². The lowest BCUT2D eigenvalue weighted by Gasteiger charge is -2.14. The number of rotatable bonds is 2. The second-order valence-electron chi connectivity index (χ2n) is 4.89. The normalized spacial score (nSPS) is 13.7. The highest BCUT2D eigenvalue weighted by Crippen LogP contribution is 2.48. The fraction of sp³-hybridized carbons (Fsp3) is 0.667. The summed E-state index contributed by atoms with van der Waals surface area (Å²) in [5, 5.41) is 0. The molecule has 0 spiro atoms. The molecule has 0 amide bonds. The molecule has 0 fully saturated rings. The lowest BCUT2D eigenvalue weighted by molar-refractivity contribution is -0.162. The van der Waals surface area contributed by atoms with E-state index in [0.717, 1.165) is 0 Å². The maximum absolute atomic E-state index is 12.9. The molecule has 0 unspecified atom stereocenters. The topological polar surface area (TPSA) is 13.1 Å². The second kappa shape index (κ2) is 4.76. The molecule has 0 aliphatic heterocycles. The lowest BCUT2D eigenvalue weighted by Crippen LogP contribution is -2.17. The average Bonchev–Trinajstić information content (AvgIpc) is 2.55. The minimum atomic E-state index is -5.10. The summed E-state index contributed by atoms with van der Waals surface area (Å²) >= 11 is 0. The number of hydrogen-bond donors (Lipinski definition) is 0. The van der Waals surface area contributed by atoms with Crippen molar-refractivity contribution in [3.63, 3.8) is 0 Å². The molecule has 1 rings (SSSR count). The molecule has 7 heteroatoms. The van der Waals surface area contributed by atoms with Gasteiger partial charge >= 0.3 is 12.4 Å². The van der Waals surface area contributed by atoms with E-state index in [9.17, 15) is 26.3 Å². The van der Waals surface area contributed by atoms with Crippen molar-refractivity contribution in [1.29, 1.82) is 0 Å². The van der Waals surface area contributed by atoms with Crippen LogP contribution in [0.3, 0.4) is 0 Å². The fourth-order valence-electron chi connectivity index (χ4n) is 1.84. The summed E-state index contributed by atoms with van der Waals surface area (Å²) in [5.41, 5.74) is -3.39. The molecule has 0 aliphatic rings. The summed E-state index contributed by atoms with van der Waals surface area (Å²) in [6.45, 7) is 5.44. The molecule has 1 heterocycles. The van der Waals surface area contributed by atoms with Crippen LogP contribution >= 0.6 is 0 Å². The lowest BCUT2D eigenvalue weighted by atomic mass is 9.98. The standard InChI is InChI=1S/C12H14F6O/c1-5(2)9-7(11(13,14)15)8(12(16,17)18)10(19-9)6(3)4/h5-6H,1-4H3. The van der Waals surface area contributed by atoms with Crippen LogP contribution in [0.2, 0.25) is 0 Å². The van der Waals surface area contributed by atoms with Crippen molar-refractivity contribution in [2.75, 3.05) is 0 Å². The molecule has 0 N–H and O–H groups in total. The molecule has 19 heavy (non-hydrogen) atoms. The Morgan fingerprint density at radius 1 is 0.684 bits per heavy atom. The van der Waals surface area contributed by atoms with Crippen LogP contribution < -0.4 is 0 Å². The van der Waals surface area contributed by atoms with Crippen LogP contribution in [0.5, 0.6) is 0 Å². The summed E-state index contributed by atoms with van der Waals surface area (Å²) in [4.78, 5) is 0. The van der Waals surface area contributed by atoms with E-state index in [4.69, 9.17) is 4.42 Å². The van der Waals surface area contributed by atoms with E-state index in [0.29, 0.717) is 0 Å². The smallest absolute Gasteiger partial charge is 0.420 e. The van der Waals surface area contributed by atoms with Crippen LogP contribution in [0.4, 0.5) is 26.3 Å². The van der Waals surface area contributed by atoms with Crippen LogP contribution in [-0.4, -0.2) is 0 Å². The molecular weight excluding hydrogens is 274 g/mol. The van der Waals surface area contributed by atoms with Gasteiger partial charge in [-0.05, 0) is 0 Å². The van der Waals surface area contributed by atoms with E-state index in [1.165, 1.54) is 27.7 Å². The van der Waals surface area contributed by atoms with Crippen molar-refractivity contribution < 1.29 is 30.8 Å². The van der Waals surface area contributed by atoms with Gasteiger partial charge in [0.15, 0.2) is 0 Å². The molecule has 1 aromatic heterocycles. The van der Waals surface area contributed by atoms with Crippen LogP contribution in [0.25, 0.3) is 0 Å². The van der Waals surface area contributed by atoms with Gasteiger partial charge in [-0.2, -0.15) is 26.3 Å². The highest BCUT2D eigenvalue weighted by atomic mass is 19.4. The Morgan fingerprint density at radius 3 is 1.11 bits per heavy atom. The van der Waals surface area contributed by atoms with Crippen molar-refractivity contribution in [2.45, 2.75) is 51.9 Å². The van der Waals surface area contributed by atoms with Crippen molar-refractivity contribution >= 4 is 0 Å². The van der Waals surface area contributed by atoms with Crippen molar-refractivity contribution in [3.8, 4) is 0 Å². The summed E-state index contributed by atoms with van der Waals surface area (Å²) < 4.78 is 82.4. The number of furan rings is 1. The monoisotopic (exact) mass is 288 g/mol. The van der Waals surface area contributed by atoms with Crippen LogP contribution in [-0.2, 0) is 12.4 Å². The van der Waals surface area contributed by atoms with E-state index in [2.05, 4.69) is 0 Å². The van der Waals surface area contributed by atoms with E-state index < -0.39 is 46.8 Å². The second-order valence-corrected chi connectivity index (χ2v) is 4.89. The minimum absolute atomic E-state index is 0.663. The van der Waals surface area contributed by atoms with E-state index in [1.54, 1.807) is 0 Å². The fourth-order valence-corrected chi connectivity index (χ4v) is 1.84. The molecule has 0 aromatic carbocycles. The first-order valence-corrected chi connectivity index (χ1v) is 5.68. The molecule has 110 valence electrons. The Morgan fingerprint density at radius 2 is 0.947 bits per heavy atom. The van der Waals surface area contributed by atoms with Gasteiger partial charge in [0.05, 0.1) is 0 Å². The van der Waals surface area contributed by atoms with Gasteiger partial charge in [-0.25, -0.2) is 0 Å². The van der Waals surface area contributed by atoms with Gasteiger partial charge < -0.3 is 4.42 Å². The van der Waals surface area contributed by atoms with Crippen LogP contribution in [0.1, 0.15) is 62.2 Å². The van der Waals surface area contributed by atoms with Crippen molar-refractivity contribution in [1.82, 2.24) is 0 Å². The Balaban J connectivity index is 3.73. The van der Waals surface area contributed by atoms with Crippen molar-refractivity contribution in [2.24, 2.45) is 0 Å². The Kier molecular flexibility index (Phi) is 3.98. The van der Waals surface area contributed by atoms with E-state index in [-0.39, 0.29) is 0 Å². The first-order chi connectivity index (χ1) is 8.37. The van der Waals surface area contributed by atoms with E-state index >= 15 is 0 Å². The molecule has 0 bridgehead atoms. The highest BCUT2D eigenvalue weighted by molar-refractivity contribution is 5.41. The zero-order chi connectivity index (χ0) is 15.2. The maximum atomic E-state index is 12.9. The quantitative estimate of drug-likeness (QED) is 0.649. The largest absolute Gasteiger partial charge is 0.464 e. The molecule has 1 nitrogen and oxygen atoms in total. The van der Waals surface area contributed by atoms with Crippen LogP contribution in [0.15, 0.2) is 4.42 Å². The summed E-state index contributed by atoms with van der Waals surface area (Å²) in [5.74, 6) is -2.90. The van der Waals surface area contributed by atoms with Gasteiger partial charge in [0.25, 0.3) is 0 Å². The summed E-state index contributed by atoms with van der Waals surface area (Å²) in [6.07, 6.45) is -10.2. The van der Waals surface area contributed by atoms with E-state index in [1.807, 2.05) is 0 Å². The van der Waals surface area contributed by atoms with Gasteiger partial charge in [0.2, 0.25) is 0 Å². The Bertz CT molecular complexity index is 410. The SMILES string of the molecule is CC(C)c1oc(C(C)C)c(C(F)(F)F)c1C(F)(F)F. The van der Waals surface area contributed by atoms with Crippen molar-refractivity contribution in [3.05, 3.63) is 22.6 Å². The highest BCUT2D eigenvalue weighted by Gasteiger charge is 2.50. The third-order valence-corrected chi connectivity index (χ3v) is 2.58. The number of alkyl halides is 6. The van der Waals surface area contributed by atoms with Gasteiger partial charge in [-0.1, -0.05) is 27.7 Å². The molecule has 0 aliphatic carbocycles. The molecular formula is C12H14F6O. The molecule has 0 saturated carbocycles. The predicted molar refractivity (Wildman–Crippen MR) is 56.9 cm³/mol. The van der Waals surface area contributed by atoms with Gasteiger partial charge in [0.1, 0.15) is 22.6 Å². The predicted octanol–water partition coefficient (Wildman–Crippen LogP) is 5.56. The summed E-state index contributed by atoms with van der Waals surface area (Å²) in [6, 6.07) is 0. The molecule has 0 saturated heterocycles. The Labute approximate surface area is 106 Å². The maximum Gasteiger partial charge on any atom is 0.420 e. The Hall–Kier alpha value is -1.14. The average molecular weight is 288 g/mol. The number of halogens is 6.